The molecule has 0 unspecified atom stereocenters. The van der Waals surface area contributed by atoms with Crippen molar-refractivity contribution in [3.8, 4) is 0 Å². The van der Waals surface area contributed by atoms with Gasteiger partial charge in [0.25, 0.3) is 0 Å². The van der Waals surface area contributed by atoms with Gasteiger partial charge < -0.3 is 8.85 Å². The molecule has 1 fully saturated rings. The molecule has 0 aromatic rings. The first-order chi connectivity index (χ1) is 7.43. The molecule has 0 aromatic heterocycles. The maximum atomic E-state index is 12.3. The quantitative estimate of drug-likeness (QED) is 0.699. The van der Waals surface area contributed by atoms with Gasteiger partial charge in [0.15, 0.2) is 0 Å². The lowest BCUT2D eigenvalue weighted by Gasteiger charge is -2.33. The van der Waals surface area contributed by atoms with Crippen molar-refractivity contribution < 1.29 is 22.0 Å². The van der Waals surface area contributed by atoms with Gasteiger partial charge in [-0.05, 0) is 18.9 Å². The van der Waals surface area contributed by atoms with Crippen molar-refractivity contribution in [2.75, 3.05) is 14.2 Å². The lowest BCUT2D eigenvalue weighted by molar-refractivity contribution is -0.131. The Morgan fingerprint density at radius 2 is 1.62 bits per heavy atom. The van der Waals surface area contributed by atoms with Gasteiger partial charge in [-0.15, -0.1) is 0 Å². The summed E-state index contributed by atoms with van der Waals surface area (Å²) < 4.78 is 47.5. The molecule has 0 amide bonds. The topological polar surface area (TPSA) is 18.5 Å². The van der Waals surface area contributed by atoms with Gasteiger partial charge in [0, 0.05) is 26.2 Å². The molecule has 0 saturated heterocycles. The van der Waals surface area contributed by atoms with E-state index < -0.39 is 21.2 Å². The van der Waals surface area contributed by atoms with Crippen LogP contribution in [0, 0.1) is 0 Å². The van der Waals surface area contributed by atoms with Crippen LogP contribution in [0.2, 0.25) is 11.6 Å². The zero-order chi connectivity index (χ0) is 12.2. The SMILES string of the molecule is CO[Si](CCC(F)(F)F)(OC)C1CCCC1. The highest BCUT2D eigenvalue weighted by Gasteiger charge is 2.47. The summed E-state index contributed by atoms with van der Waals surface area (Å²) in [6.45, 7) is 0. The second kappa shape index (κ2) is 5.51. The second-order valence-corrected chi connectivity index (χ2v) is 8.07. The fourth-order valence-corrected chi connectivity index (χ4v) is 6.08. The molecule has 0 atom stereocenters. The maximum Gasteiger partial charge on any atom is 0.389 e. The molecule has 1 aliphatic rings. The predicted octanol–water partition coefficient (Wildman–Crippen LogP) is 3.62. The Morgan fingerprint density at radius 1 is 1.12 bits per heavy atom. The molecule has 0 heterocycles. The molecule has 1 aliphatic carbocycles. The minimum atomic E-state index is -4.12. The average Bonchev–Trinajstić information content (AvgIpc) is 2.72. The lowest BCUT2D eigenvalue weighted by atomic mass is 10.4. The van der Waals surface area contributed by atoms with E-state index in [0.717, 1.165) is 25.7 Å². The van der Waals surface area contributed by atoms with Crippen LogP contribution in [-0.4, -0.2) is 29.0 Å². The van der Waals surface area contributed by atoms with E-state index in [-0.39, 0.29) is 11.6 Å². The second-order valence-electron chi connectivity index (χ2n) is 4.32. The number of alkyl halides is 3. The van der Waals surface area contributed by atoms with Crippen molar-refractivity contribution in [1.82, 2.24) is 0 Å². The van der Waals surface area contributed by atoms with Crippen LogP contribution in [0.5, 0.6) is 0 Å². The van der Waals surface area contributed by atoms with E-state index in [2.05, 4.69) is 0 Å². The van der Waals surface area contributed by atoms with E-state index in [1.54, 1.807) is 0 Å². The van der Waals surface area contributed by atoms with Crippen molar-refractivity contribution >= 4 is 8.56 Å². The molecule has 0 aliphatic heterocycles. The Balaban J connectivity index is 2.63. The third kappa shape index (κ3) is 3.46. The molecule has 0 spiro atoms. The smallest absolute Gasteiger partial charge is 0.389 e. The van der Waals surface area contributed by atoms with Gasteiger partial charge in [0.1, 0.15) is 0 Å². The molecule has 6 heteroatoms. The highest BCUT2D eigenvalue weighted by Crippen LogP contribution is 2.43. The molecule has 0 radical (unpaired) electrons. The van der Waals surface area contributed by atoms with Gasteiger partial charge in [0.05, 0.1) is 0 Å². The van der Waals surface area contributed by atoms with Crippen LogP contribution in [0.25, 0.3) is 0 Å². The minimum absolute atomic E-state index is 0.0220. The standard InChI is InChI=1S/C10H19F3O2Si/c1-14-16(15-2,8-7-10(11,12)13)9-5-3-4-6-9/h9H,3-8H2,1-2H3. The van der Waals surface area contributed by atoms with Crippen LogP contribution >= 0.6 is 0 Å². The first-order valence-corrected chi connectivity index (χ1v) is 7.70. The van der Waals surface area contributed by atoms with Crippen molar-refractivity contribution in [2.24, 2.45) is 0 Å². The fourth-order valence-electron chi connectivity index (χ4n) is 2.51. The summed E-state index contributed by atoms with van der Waals surface area (Å²) in [4.78, 5) is 0. The van der Waals surface area contributed by atoms with Crippen LogP contribution in [0.3, 0.4) is 0 Å². The molecule has 0 aromatic carbocycles. The van der Waals surface area contributed by atoms with Crippen molar-refractivity contribution in [1.29, 1.82) is 0 Å². The summed E-state index contributed by atoms with van der Waals surface area (Å²) in [5, 5.41) is 0. The maximum absolute atomic E-state index is 12.3. The van der Waals surface area contributed by atoms with E-state index in [1.165, 1.54) is 14.2 Å². The van der Waals surface area contributed by atoms with E-state index in [4.69, 9.17) is 8.85 Å². The predicted molar refractivity (Wildman–Crippen MR) is 57.5 cm³/mol. The van der Waals surface area contributed by atoms with Gasteiger partial charge in [0.2, 0.25) is 0 Å². The summed E-state index contributed by atoms with van der Waals surface area (Å²) in [5.41, 5.74) is 0.227. The summed E-state index contributed by atoms with van der Waals surface area (Å²) in [6.07, 6.45) is -0.848. The molecule has 96 valence electrons. The van der Waals surface area contributed by atoms with Crippen LogP contribution < -0.4 is 0 Å². The Bertz CT molecular complexity index is 211. The number of halogens is 3. The zero-order valence-corrected chi connectivity index (χ0v) is 10.8. The highest BCUT2D eigenvalue weighted by molar-refractivity contribution is 6.69. The van der Waals surface area contributed by atoms with E-state index >= 15 is 0 Å². The fraction of sp³-hybridized carbons (Fsp3) is 1.00. The van der Waals surface area contributed by atoms with E-state index in [0.29, 0.717) is 0 Å². The summed E-state index contributed by atoms with van der Waals surface area (Å²) in [7, 11) is 0.341. The molecular weight excluding hydrogens is 237 g/mol. The van der Waals surface area contributed by atoms with Gasteiger partial charge in [-0.2, -0.15) is 13.2 Å². The molecule has 16 heavy (non-hydrogen) atoms. The Hall–Kier alpha value is -0.0731. The molecule has 0 N–H and O–H groups in total. The monoisotopic (exact) mass is 256 g/mol. The van der Waals surface area contributed by atoms with Crippen molar-refractivity contribution in [3.05, 3.63) is 0 Å². The summed E-state index contributed by atoms with van der Waals surface area (Å²) in [5.74, 6) is 0. The average molecular weight is 256 g/mol. The van der Waals surface area contributed by atoms with E-state index in [1.807, 2.05) is 0 Å². The van der Waals surface area contributed by atoms with Crippen LogP contribution in [0.1, 0.15) is 32.1 Å². The zero-order valence-electron chi connectivity index (χ0n) is 9.77. The van der Waals surface area contributed by atoms with Gasteiger partial charge >= 0.3 is 14.7 Å². The molecule has 0 bridgehead atoms. The first kappa shape index (κ1) is 14.0. The lowest BCUT2D eigenvalue weighted by Crippen LogP contribution is -2.45. The largest absolute Gasteiger partial charge is 0.397 e. The molecule has 1 rings (SSSR count). The number of rotatable bonds is 5. The Kier molecular flexibility index (Phi) is 4.82. The van der Waals surface area contributed by atoms with Crippen LogP contribution in [-0.2, 0) is 8.85 Å². The minimum Gasteiger partial charge on any atom is -0.397 e. The van der Waals surface area contributed by atoms with Gasteiger partial charge in [-0.1, -0.05) is 12.8 Å². The van der Waals surface area contributed by atoms with Crippen molar-refractivity contribution in [2.45, 2.75) is 49.9 Å². The Morgan fingerprint density at radius 3 is 2.00 bits per heavy atom. The number of hydrogen-bond donors (Lipinski definition) is 0. The molecular formula is C10H19F3O2Si. The van der Waals surface area contributed by atoms with Gasteiger partial charge in [-0.3, -0.25) is 0 Å². The normalized spacial score (nSPS) is 19.3. The molecule has 2 nitrogen and oxygen atoms in total. The number of hydrogen-bond acceptors (Lipinski definition) is 2. The van der Waals surface area contributed by atoms with Gasteiger partial charge in [-0.25, -0.2) is 0 Å². The van der Waals surface area contributed by atoms with Crippen LogP contribution in [0.15, 0.2) is 0 Å². The van der Waals surface area contributed by atoms with E-state index in [9.17, 15) is 13.2 Å². The van der Waals surface area contributed by atoms with Crippen molar-refractivity contribution in [3.63, 3.8) is 0 Å². The highest BCUT2D eigenvalue weighted by atomic mass is 28.4. The third-order valence-corrected chi connectivity index (χ3v) is 7.58. The van der Waals surface area contributed by atoms with Crippen LogP contribution in [0.4, 0.5) is 13.2 Å². The first-order valence-electron chi connectivity index (χ1n) is 5.60. The third-order valence-electron chi connectivity index (χ3n) is 3.43. The Labute approximate surface area is 95.4 Å². The summed E-state index contributed by atoms with van der Waals surface area (Å²) >= 11 is 0. The summed E-state index contributed by atoms with van der Waals surface area (Å²) in [6, 6.07) is 0.0220. The molecule has 1 saturated carbocycles.